The summed E-state index contributed by atoms with van der Waals surface area (Å²) in [5.74, 6) is -0.467. The molecule has 0 bridgehead atoms. The van der Waals surface area contributed by atoms with Gasteiger partial charge in [-0.2, -0.15) is 4.39 Å². The summed E-state index contributed by atoms with van der Waals surface area (Å²) in [6.45, 7) is 0. The molecule has 1 saturated carbocycles. The van der Waals surface area contributed by atoms with Crippen molar-refractivity contribution in [3.05, 3.63) is 72.1 Å². The quantitative estimate of drug-likeness (QED) is 0.636. The molecule has 2 aromatic heterocycles. The minimum Gasteiger partial charge on any atom is -0.331 e. The van der Waals surface area contributed by atoms with Crippen LogP contribution in [0.3, 0.4) is 0 Å². The van der Waals surface area contributed by atoms with Crippen LogP contribution in [0.2, 0.25) is 0 Å². The van der Waals surface area contributed by atoms with Gasteiger partial charge in [-0.05, 0) is 48.7 Å². The molecule has 25 heavy (non-hydrogen) atoms. The molecule has 4 nitrogen and oxygen atoms in total. The van der Waals surface area contributed by atoms with Crippen LogP contribution in [-0.4, -0.2) is 27.4 Å². The number of halogens is 1. The lowest BCUT2D eigenvalue weighted by Crippen LogP contribution is -2.36. The highest BCUT2D eigenvalue weighted by molar-refractivity contribution is 5.95. The van der Waals surface area contributed by atoms with Crippen LogP contribution in [0.5, 0.6) is 0 Å². The third-order valence-electron chi connectivity index (χ3n) is 5.47. The zero-order valence-electron chi connectivity index (χ0n) is 13.7. The molecule has 1 aliphatic carbocycles. The number of carbonyl (C=O) groups is 1. The summed E-state index contributed by atoms with van der Waals surface area (Å²) in [6.07, 6.45) is 5.24. The Morgan fingerprint density at radius 1 is 1.16 bits per heavy atom. The van der Waals surface area contributed by atoms with Crippen molar-refractivity contribution < 1.29 is 9.18 Å². The number of aromatic nitrogens is 2. The van der Waals surface area contributed by atoms with Crippen molar-refractivity contribution in [2.45, 2.75) is 18.4 Å². The van der Waals surface area contributed by atoms with Crippen molar-refractivity contribution in [2.75, 3.05) is 7.05 Å². The highest BCUT2D eigenvalue weighted by Gasteiger charge is 2.53. The lowest BCUT2D eigenvalue weighted by molar-refractivity contribution is 0.0705. The second-order valence-corrected chi connectivity index (χ2v) is 6.73. The third kappa shape index (κ3) is 1.86. The maximum Gasteiger partial charge on any atom is 0.271 e. The summed E-state index contributed by atoms with van der Waals surface area (Å²) in [5.41, 5.74) is 3.68. The van der Waals surface area contributed by atoms with Gasteiger partial charge < -0.3 is 9.47 Å². The van der Waals surface area contributed by atoms with Gasteiger partial charge in [0.25, 0.3) is 5.91 Å². The number of carbonyl (C=O) groups excluding carboxylic acids is 1. The topological polar surface area (TPSA) is 38.1 Å². The summed E-state index contributed by atoms with van der Waals surface area (Å²) in [7, 11) is 1.87. The van der Waals surface area contributed by atoms with E-state index in [1.807, 2.05) is 53.0 Å². The van der Waals surface area contributed by atoms with E-state index in [9.17, 15) is 9.18 Å². The van der Waals surface area contributed by atoms with Gasteiger partial charge in [-0.1, -0.05) is 12.1 Å². The number of hydrogen-bond acceptors (Lipinski definition) is 2. The van der Waals surface area contributed by atoms with E-state index in [2.05, 4.69) is 4.98 Å². The van der Waals surface area contributed by atoms with Gasteiger partial charge in [0.05, 0.1) is 11.2 Å². The van der Waals surface area contributed by atoms with Crippen LogP contribution in [0.4, 0.5) is 4.39 Å². The van der Waals surface area contributed by atoms with E-state index < -0.39 is 5.95 Å². The predicted octanol–water partition coefficient (Wildman–Crippen LogP) is 3.75. The summed E-state index contributed by atoms with van der Waals surface area (Å²) in [6, 6.07) is 13.1. The van der Waals surface area contributed by atoms with Crippen LogP contribution < -0.4 is 0 Å². The molecule has 1 spiro atoms. The lowest BCUT2D eigenvalue weighted by atomic mass is 9.97. The van der Waals surface area contributed by atoms with Crippen molar-refractivity contribution in [3.63, 3.8) is 0 Å². The Morgan fingerprint density at radius 2 is 2.00 bits per heavy atom. The average Bonchev–Trinajstić information content (AvgIpc) is 3.30. The van der Waals surface area contributed by atoms with Crippen LogP contribution in [0, 0.1) is 5.95 Å². The zero-order chi connectivity index (χ0) is 17.2. The molecule has 5 heteroatoms. The van der Waals surface area contributed by atoms with Gasteiger partial charge in [0.15, 0.2) is 0 Å². The van der Waals surface area contributed by atoms with Crippen LogP contribution in [0.25, 0.3) is 16.8 Å². The molecule has 3 heterocycles. The van der Waals surface area contributed by atoms with Gasteiger partial charge in [-0.25, -0.2) is 4.98 Å². The first-order valence-electron chi connectivity index (χ1n) is 8.33. The van der Waals surface area contributed by atoms with Crippen LogP contribution in [0.1, 0.15) is 28.9 Å². The normalized spacial score (nSPS) is 17.2. The molecule has 1 aliphatic heterocycles. The molecule has 0 radical (unpaired) electrons. The molecular formula is C20H16FN3O. The highest BCUT2D eigenvalue weighted by atomic mass is 19.1. The smallest absolute Gasteiger partial charge is 0.271 e. The van der Waals surface area contributed by atoms with Gasteiger partial charge in [-0.15, -0.1) is 0 Å². The number of rotatable bonds is 1. The number of fused-ring (bicyclic) bond motifs is 4. The Kier molecular flexibility index (Phi) is 2.76. The lowest BCUT2D eigenvalue weighted by Gasteiger charge is -2.27. The van der Waals surface area contributed by atoms with Crippen LogP contribution in [0.15, 0.2) is 54.9 Å². The standard InChI is InChI=1S/C20H16FN3O/c1-23-19(25)16-5-3-11-24(16)17-12-13(14-4-2-10-22-18(14)21)6-7-15(17)20(23)8-9-20/h2-7,10-12H,8-9H2,1H3. The number of benzene rings is 1. The summed E-state index contributed by atoms with van der Waals surface area (Å²) < 4.78 is 16.0. The van der Waals surface area contributed by atoms with E-state index in [-0.39, 0.29) is 11.4 Å². The number of hydrogen-bond donors (Lipinski definition) is 0. The second-order valence-electron chi connectivity index (χ2n) is 6.73. The van der Waals surface area contributed by atoms with Gasteiger partial charge in [-0.3, -0.25) is 4.79 Å². The fourth-order valence-corrected chi connectivity index (χ4v) is 3.93. The van der Waals surface area contributed by atoms with Gasteiger partial charge >= 0.3 is 0 Å². The number of amides is 1. The summed E-state index contributed by atoms with van der Waals surface area (Å²) >= 11 is 0. The Labute approximate surface area is 144 Å². The van der Waals surface area contributed by atoms with Crippen molar-refractivity contribution in [2.24, 2.45) is 0 Å². The summed E-state index contributed by atoms with van der Waals surface area (Å²) in [5, 5.41) is 0. The second kappa shape index (κ2) is 4.79. The van der Waals surface area contributed by atoms with Crippen molar-refractivity contribution in [3.8, 4) is 16.8 Å². The molecule has 124 valence electrons. The van der Waals surface area contributed by atoms with E-state index in [1.54, 1.807) is 12.1 Å². The van der Waals surface area contributed by atoms with E-state index in [0.29, 0.717) is 11.3 Å². The molecule has 5 rings (SSSR count). The van der Waals surface area contributed by atoms with Crippen LogP contribution in [-0.2, 0) is 5.54 Å². The maximum atomic E-state index is 14.1. The third-order valence-corrected chi connectivity index (χ3v) is 5.47. The number of pyridine rings is 1. The molecule has 0 atom stereocenters. The molecule has 1 aromatic carbocycles. The minimum absolute atomic E-state index is 0.0211. The van der Waals surface area contributed by atoms with Crippen LogP contribution >= 0.6 is 0 Å². The van der Waals surface area contributed by atoms with Gasteiger partial charge in [0.2, 0.25) is 5.95 Å². The number of nitrogens with zero attached hydrogens (tertiary/aromatic N) is 3. The van der Waals surface area contributed by atoms with Gasteiger partial charge in [0, 0.05) is 30.6 Å². The van der Waals surface area contributed by atoms with Crippen molar-refractivity contribution in [1.82, 2.24) is 14.5 Å². The van der Waals surface area contributed by atoms with E-state index >= 15 is 0 Å². The maximum absolute atomic E-state index is 14.1. The van der Waals surface area contributed by atoms with E-state index in [4.69, 9.17) is 0 Å². The molecule has 1 amide bonds. The zero-order valence-corrected chi connectivity index (χ0v) is 13.7. The molecule has 0 N–H and O–H groups in total. The first kappa shape index (κ1) is 14.4. The van der Waals surface area contributed by atoms with E-state index in [1.165, 1.54) is 6.20 Å². The first-order valence-corrected chi connectivity index (χ1v) is 8.33. The van der Waals surface area contributed by atoms with E-state index in [0.717, 1.165) is 29.7 Å². The predicted molar refractivity (Wildman–Crippen MR) is 92.0 cm³/mol. The van der Waals surface area contributed by atoms with Gasteiger partial charge in [0.1, 0.15) is 5.69 Å². The summed E-state index contributed by atoms with van der Waals surface area (Å²) in [4.78, 5) is 18.5. The first-order chi connectivity index (χ1) is 12.1. The minimum atomic E-state index is -0.488. The highest BCUT2D eigenvalue weighted by Crippen LogP contribution is 2.54. The molecule has 2 aliphatic rings. The molecule has 0 saturated heterocycles. The molecular weight excluding hydrogens is 317 g/mol. The molecule has 0 unspecified atom stereocenters. The Hall–Kier alpha value is -2.95. The Morgan fingerprint density at radius 3 is 2.76 bits per heavy atom. The van der Waals surface area contributed by atoms with Crippen molar-refractivity contribution in [1.29, 1.82) is 0 Å². The van der Waals surface area contributed by atoms with Crippen molar-refractivity contribution >= 4 is 5.91 Å². The monoisotopic (exact) mass is 333 g/mol. The fraction of sp³-hybridized carbons (Fsp3) is 0.200. The molecule has 1 fully saturated rings. The SMILES string of the molecule is CN1C(=O)c2cccn2-c2cc(-c3cccnc3F)ccc2C12CC2. The largest absolute Gasteiger partial charge is 0.331 e. The fourth-order valence-electron chi connectivity index (χ4n) is 3.93. The Bertz CT molecular complexity index is 1020. The average molecular weight is 333 g/mol. The Balaban J connectivity index is 1.79. The molecule has 3 aromatic rings.